The first-order chi connectivity index (χ1) is 4.16. The largest absolute Gasteiger partial charge is 0.459 e. The van der Waals surface area contributed by atoms with Gasteiger partial charge in [0.1, 0.15) is 5.33 Å². The van der Waals surface area contributed by atoms with Gasteiger partial charge >= 0.3 is 5.97 Å². The molecule has 0 aliphatic heterocycles. The zero-order valence-corrected chi connectivity index (χ0v) is 6.03. The molecule has 54 valence electrons. The summed E-state index contributed by atoms with van der Waals surface area (Å²) in [6, 6.07) is 0. The van der Waals surface area contributed by atoms with Crippen LogP contribution in [0.4, 0.5) is 8.78 Å². The summed E-state index contributed by atoms with van der Waals surface area (Å²) in [5.74, 6) is -0.671. The van der Waals surface area contributed by atoms with Crippen LogP contribution in [0.3, 0.4) is 0 Å². The third-order valence-corrected chi connectivity index (χ3v) is 0.937. The van der Waals surface area contributed by atoms with Crippen LogP contribution in [0.5, 0.6) is 0 Å². The van der Waals surface area contributed by atoms with E-state index in [0.29, 0.717) is 0 Å². The lowest BCUT2D eigenvalue weighted by Gasteiger charge is -1.98. The lowest BCUT2D eigenvalue weighted by atomic mass is 10.7. The fraction of sp³-hybridized carbons (Fsp3) is 0.750. The van der Waals surface area contributed by atoms with E-state index in [1.165, 1.54) is 0 Å². The Bertz CT molecular complexity index is 96.6. The second-order valence-corrected chi connectivity index (χ2v) is 1.77. The van der Waals surface area contributed by atoms with Gasteiger partial charge < -0.3 is 4.74 Å². The monoisotopic (exact) mass is 202 g/mol. The van der Waals surface area contributed by atoms with Crippen molar-refractivity contribution in [3.63, 3.8) is 0 Å². The van der Waals surface area contributed by atoms with Gasteiger partial charge in [-0.2, -0.15) is 0 Å². The summed E-state index contributed by atoms with van der Waals surface area (Å²) < 4.78 is 26.5. The highest BCUT2D eigenvalue weighted by Gasteiger charge is 2.05. The third-order valence-electron chi connectivity index (χ3n) is 0.479. The SMILES string of the molecule is O=C(CBr)OCC(F)F. The molecule has 0 radical (unpaired) electrons. The number of halogens is 3. The first-order valence-electron chi connectivity index (χ1n) is 2.16. The van der Waals surface area contributed by atoms with Crippen molar-refractivity contribution in [3.05, 3.63) is 0 Å². The number of alkyl halides is 3. The Morgan fingerprint density at radius 1 is 1.67 bits per heavy atom. The number of hydrogen-bond donors (Lipinski definition) is 0. The molecule has 0 fully saturated rings. The Kier molecular flexibility index (Phi) is 4.57. The Hall–Kier alpha value is -0.190. The second-order valence-electron chi connectivity index (χ2n) is 1.21. The number of carbonyl (C=O) groups is 1. The normalized spacial score (nSPS) is 9.78. The minimum atomic E-state index is -2.58. The van der Waals surface area contributed by atoms with Crippen LogP contribution >= 0.6 is 15.9 Å². The number of carbonyl (C=O) groups excluding carboxylic acids is 1. The summed E-state index contributed by atoms with van der Waals surface area (Å²) in [5, 5.41) is -0.0419. The Morgan fingerprint density at radius 2 is 2.22 bits per heavy atom. The van der Waals surface area contributed by atoms with Crippen molar-refractivity contribution in [2.24, 2.45) is 0 Å². The number of ether oxygens (including phenoxy) is 1. The Balaban J connectivity index is 3.17. The van der Waals surface area contributed by atoms with Crippen molar-refractivity contribution in [2.45, 2.75) is 6.43 Å². The molecule has 0 heterocycles. The molecule has 0 saturated carbocycles. The highest BCUT2D eigenvalue weighted by Crippen LogP contribution is 1.93. The minimum absolute atomic E-state index is 0.0419. The van der Waals surface area contributed by atoms with Gasteiger partial charge in [0.15, 0.2) is 6.61 Å². The number of rotatable bonds is 3. The maximum absolute atomic E-state index is 11.2. The molecule has 0 bridgehead atoms. The van der Waals surface area contributed by atoms with E-state index in [1.807, 2.05) is 0 Å². The quantitative estimate of drug-likeness (QED) is 0.508. The van der Waals surface area contributed by atoms with Crippen LogP contribution in [0, 0.1) is 0 Å². The predicted molar refractivity (Wildman–Crippen MR) is 30.8 cm³/mol. The van der Waals surface area contributed by atoms with Gasteiger partial charge in [-0.15, -0.1) is 0 Å². The lowest BCUT2D eigenvalue weighted by molar-refractivity contribution is -0.144. The molecule has 2 nitrogen and oxygen atoms in total. The van der Waals surface area contributed by atoms with Crippen LogP contribution in [-0.2, 0) is 9.53 Å². The van der Waals surface area contributed by atoms with Gasteiger partial charge in [0, 0.05) is 0 Å². The molecule has 0 atom stereocenters. The molecule has 0 aromatic heterocycles. The van der Waals surface area contributed by atoms with Gasteiger partial charge in [0.2, 0.25) is 0 Å². The van der Waals surface area contributed by atoms with Gasteiger partial charge in [-0.25, -0.2) is 8.78 Å². The van der Waals surface area contributed by atoms with Crippen LogP contribution in [0.15, 0.2) is 0 Å². The van der Waals surface area contributed by atoms with Gasteiger partial charge in [-0.3, -0.25) is 4.79 Å². The smallest absolute Gasteiger partial charge is 0.316 e. The van der Waals surface area contributed by atoms with Crippen molar-refractivity contribution in [1.82, 2.24) is 0 Å². The molecule has 0 amide bonds. The van der Waals surface area contributed by atoms with E-state index in [2.05, 4.69) is 20.7 Å². The minimum Gasteiger partial charge on any atom is -0.459 e. The molecule has 0 unspecified atom stereocenters. The van der Waals surface area contributed by atoms with Gasteiger partial charge in [0.05, 0.1) is 0 Å². The van der Waals surface area contributed by atoms with Crippen LogP contribution in [0.25, 0.3) is 0 Å². The van der Waals surface area contributed by atoms with Crippen molar-refractivity contribution in [2.75, 3.05) is 11.9 Å². The van der Waals surface area contributed by atoms with E-state index < -0.39 is 19.0 Å². The molecular formula is C4H5BrF2O2. The first kappa shape index (κ1) is 8.81. The summed E-state index contributed by atoms with van der Waals surface area (Å²) >= 11 is 2.75. The molecule has 5 heteroatoms. The fourth-order valence-corrected chi connectivity index (χ4v) is 0.356. The summed E-state index contributed by atoms with van der Waals surface area (Å²) in [7, 11) is 0. The molecule has 0 rings (SSSR count). The van der Waals surface area contributed by atoms with Gasteiger partial charge in [-0.1, -0.05) is 15.9 Å². The van der Waals surface area contributed by atoms with Crippen LogP contribution in [-0.4, -0.2) is 24.3 Å². The zero-order chi connectivity index (χ0) is 7.28. The molecule has 0 saturated heterocycles. The standard InChI is InChI=1S/C4H5BrF2O2/c5-1-4(8)9-2-3(6)7/h3H,1-2H2. The molecule has 0 aliphatic rings. The topological polar surface area (TPSA) is 26.3 Å². The van der Waals surface area contributed by atoms with Crippen molar-refractivity contribution in [3.8, 4) is 0 Å². The Labute approximate surface area is 59.3 Å². The van der Waals surface area contributed by atoms with Crippen LogP contribution in [0.1, 0.15) is 0 Å². The lowest BCUT2D eigenvalue weighted by Crippen LogP contribution is -2.11. The third kappa shape index (κ3) is 5.68. The maximum Gasteiger partial charge on any atom is 0.316 e. The average Bonchev–Trinajstić information content (AvgIpc) is 1.83. The van der Waals surface area contributed by atoms with Crippen LogP contribution in [0.2, 0.25) is 0 Å². The summed E-state index contributed by atoms with van der Waals surface area (Å²) in [6.45, 7) is -0.815. The summed E-state index contributed by atoms with van der Waals surface area (Å²) in [5.41, 5.74) is 0. The maximum atomic E-state index is 11.2. The van der Waals surface area contributed by atoms with Crippen molar-refractivity contribution >= 4 is 21.9 Å². The van der Waals surface area contributed by atoms with Crippen molar-refractivity contribution in [1.29, 1.82) is 0 Å². The van der Waals surface area contributed by atoms with Gasteiger partial charge in [0.25, 0.3) is 6.43 Å². The van der Waals surface area contributed by atoms with E-state index >= 15 is 0 Å². The molecular weight excluding hydrogens is 198 g/mol. The Morgan fingerprint density at radius 3 is 2.56 bits per heavy atom. The molecule has 0 aromatic carbocycles. The second kappa shape index (κ2) is 4.67. The van der Waals surface area contributed by atoms with Crippen molar-refractivity contribution < 1.29 is 18.3 Å². The van der Waals surface area contributed by atoms with E-state index in [1.54, 1.807) is 0 Å². The number of esters is 1. The average molecular weight is 203 g/mol. The fourth-order valence-electron chi connectivity index (χ4n) is 0.195. The zero-order valence-electron chi connectivity index (χ0n) is 4.44. The number of hydrogen-bond acceptors (Lipinski definition) is 2. The molecule has 0 spiro atoms. The van der Waals surface area contributed by atoms with Crippen LogP contribution < -0.4 is 0 Å². The van der Waals surface area contributed by atoms with E-state index in [0.717, 1.165) is 0 Å². The summed E-state index contributed by atoms with van der Waals surface area (Å²) in [6.07, 6.45) is -2.58. The van der Waals surface area contributed by atoms with E-state index in [-0.39, 0.29) is 5.33 Å². The summed E-state index contributed by atoms with van der Waals surface area (Å²) in [4.78, 5) is 10.1. The first-order valence-corrected chi connectivity index (χ1v) is 3.28. The van der Waals surface area contributed by atoms with Gasteiger partial charge in [-0.05, 0) is 0 Å². The van der Waals surface area contributed by atoms with E-state index in [9.17, 15) is 13.6 Å². The molecule has 0 aliphatic carbocycles. The highest BCUT2D eigenvalue weighted by molar-refractivity contribution is 9.09. The van der Waals surface area contributed by atoms with E-state index in [4.69, 9.17) is 0 Å². The highest BCUT2D eigenvalue weighted by atomic mass is 79.9. The molecule has 0 N–H and O–H groups in total. The molecule has 0 aromatic rings. The molecule has 9 heavy (non-hydrogen) atoms. The predicted octanol–water partition coefficient (Wildman–Crippen LogP) is 1.19.